The van der Waals surface area contributed by atoms with Crippen molar-refractivity contribution in [3.8, 4) is 0 Å². The van der Waals surface area contributed by atoms with E-state index in [0.29, 0.717) is 24.3 Å². The fourth-order valence-corrected chi connectivity index (χ4v) is 5.58. The van der Waals surface area contributed by atoms with E-state index in [1.165, 1.54) is 5.57 Å². The highest BCUT2D eigenvalue weighted by Gasteiger charge is 2.71. The fourth-order valence-electron chi connectivity index (χ4n) is 3.84. The summed E-state index contributed by atoms with van der Waals surface area (Å²) in [6.45, 7) is 0. The summed E-state index contributed by atoms with van der Waals surface area (Å²) in [5.74, 6) is -0.529. The smallest absolute Gasteiger partial charge is 0.324 e. The third-order valence-corrected chi connectivity index (χ3v) is 6.82. The number of epoxide rings is 1. The van der Waals surface area contributed by atoms with Crippen molar-refractivity contribution >= 4 is 28.6 Å². The van der Waals surface area contributed by atoms with Gasteiger partial charge in [0.25, 0.3) is 0 Å². The standard InChI is InChI=1S/C17H15NO3S2/c1-18-13-9(14(18)16-15(13)21-16)8-20-17(19)12(10-4-2-6-22-10)11-5-3-7-23-11/h2-8,12-16H,1H3. The highest BCUT2D eigenvalue weighted by atomic mass is 32.1. The van der Waals surface area contributed by atoms with Gasteiger partial charge in [-0.05, 0) is 29.9 Å². The predicted octanol–water partition coefficient (Wildman–Crippen LogP) is 2.83. The number of thiophene rings is 2. The Morgan fingerprint density at radius 3 is 2.30 bits per heavy atom. The SMILES string of the molecule is CN1C2C(=COC(=O)C(c3cccs3)c3cccs3)C1C1OC12. The molecule has 0 radical (unpaired) electrons. The van der Waals surface area contributed by atoms with E-state index in [9.17, 15) is 4.79 Å². The highest BCUT2D eigenvalue weighted by Crippen LogP contribution is 2.55. The second-order valence-electron chi connectivity index (χ2n) is 6.14. The number of carbonyl (C=O) groups is 1. The van der Waals surface area contributed by atoms with Crippen molar-refractivity contribution in [2.24, 2.45) is 0 Å². The van der Waals surface area contributed by atoms with Crippen LogP contribution in [0.2, 0.25) is 0 Å². The van der Waals surface area contributed by atoms with E-state index in [4.69, 9.17) is 9.47 Å². The van der Waals surface area contributed by atoms with Crippen molar-refractivity contribution in [1.82, 2.24) is 4.90 Å². The van der Waals surface area contributed by atoms with Gasteiger partial charge in [-0.2, -0.15) is 0 Å². The lowest BCUT2D eigenvalue weighted by Gasteiger charge is -2.42. The third kappa shape index (κ3) is 1.99. The van der Waals surface area contributed by atoms with Gasteiger partial charge in [-0.1, -0.05) is 12.1 Å². The average molecular weight is 345 g/mol. The zero-order valence-corrected chi connectivity index (χ0v) is 14.0. The molecule has 1 saturated carbocycles. The topological polar surface area (TPSA) is 42.1 Å². The molecule has 0 amide bonds. The molecule has 1 aliphatic carbocycles. The van der Waals surface area contributed by atoms with Crippen LogP contribution in [0.4, 0.5) is 0 Å². The lowest BCUT2D eigenvalue weighted by molar-refractivity contribution is -0.138. The van der Waals surface area contributed by atoms with Crippen LogP contribution in [0.15, 0.2) is 46.9 Å². The first-order chi connectivity index (χ1) is 11.3. The van der Waals surface area contributed by atoms with Gasteiger partial charge in [0.05, 0.1) is 18.3 Å². The van der Waals surface area contributed by atoms with Gasteiger partial charge >= 0.3 is 5.97 Å². The van der Waals surface area contributed by atoms with Crippen LogP contribution in [-0.2, 0) is 14.3 Å². The van der Waals surface area contributed by atoms with Crippen molar-refractivity contribution in [2.45, 2.75) is 30.2 Å². The molecule has 23 heavy (non-hydrogen) atoms. The van der Waals surface area contributed by atoms with Gasteiger partial charge in [0.2, 0.25) is 0 Å². The lowest BCUT2D eigenvalue weighted by atomic mass is 9.96. The van der Waals surface area contributed by atoms with E-state index >= 15 is 0 Å². The number of ether oxygens (including phenoxy) is 2. The summed E-state index contributed by atoms with van der Waals surface area (Å²) in [5.41, 5.74) is 1.21. The Hall–Kier alpha value is -1.47. The minimum atomic E-state index is -0.326. The first-order valence-corrected chi connectivity index (χ1v) is 9.36. The summed E-state index contributed by atoms with van der Waals surface area (Å²) in [5, 5.41) is 3.99. The van der Waals surface area contributed by atoms with Gasteiger partial charge in [-0.25, -0.2) is 0 Å². The predicted molar refractivity (Wildman–Crippen MR) is 88.7 cm³/mol. The number of carbonyl (C=O) groups excluding carboxylic acids is 1. The van der Waals surface area contributed by atoms with Crippen LogP contribution in [0.3, 0.4) is 0 Å². The number of likely N-dealkylation sites (N-methyl/N-ethyl adjacent to an activating group) is 1. The molecule has 4 heterocycles. The molecular weight excluding hydrogens is 330 g/mol. The monoisotopic (exact) mass is 345 g/mol. The van der Waals surface area contributed by atoms with E-state index < -0.39 is 0 Å². The molecular formula is C17H15NO3S2. The van der Waals surface area contributed by atoms with E-state index in [0.717, 1.165) is 9.75 Å². The maximum atomic E-state index is 12.7. The molecule has 6 heteroatoms. The number of fused-ring (bicyclic) bond motifs is 5. The first kappa shape index (κ1) is 13.9. The molecule has 5 rings (SSSR count). The average Bonchev–Trinajstić information content (AvgIpc) is 3.07. The molecule has 0 aromatic carbocycles. The van der Waals surface area contributed by atoms with Gasteiger partial charge < -0.3 is 9.47 Å². The number of hydrogen-bond acceptors (Lipinski definition) is 6. The lowest BCUT2D eigenvalue weighted by Crippen LogP contribution is -2.53. The molecule has 118 valence electrons. The van der Waals surface area contributed by atoms with E-state index in [2.05, 4.69) is 11.9 Å². The van der Waals surface area contributed by atoms with E-state index in [1.807, 2.05) is 35.0 Å². The maximum absolute atomic E-state index is 12.7. The van der Waals surface area contributed by atoms with Crippen molar-refractivity contribution in [1.29, 1.82) is 0 Å². The van der Waals surface area contributed by atoms with Crippen LogP contribution in [0.5, 0.6) is 0 Å². The Labute approximate surface area is 141 Å². The number of hydrogen-bond donors (Lipinski definition) is 0. The largest absolute Gasteiger partial charge is 0.434 e. The van der Waals surface area contributed by atoms with Gasteiger partial charge in [-0.3, -0.25) is 9.69 Å². The fraction of sp³-hybridized carbons (Fsp3) is 0.353. The number of nitrogens with zero attached hydrogens (tertiary/aromatic N) is 1. The van der Waals surface area contributed by atoms with Crippen molar-refractivity contribution in [3.05, 3.63) is 56.6 Å². The molecule has 2 aliphatic heterocycles. The maximum Gasteiger partial charge on any atom is 0.324 e. The molecule has 0 N–H and O–H groups in total. The summed E-state index contributed by atoms with van der Waals surface area (Å²) in [6.07, 6.45) is 2.32. The number of esters is 1. The Morgan fingerprint density at radius 2 is 1.83 bits per heavy atom. The van der Waals surface area contributed by atoms with Gasteiger partial charge in [0, 0.05) is 15.3 Å². The van der Waals surface area contributed by atoms with Crippen LogP contribution in [-0.4, -0.2) is 42.2 Å². The summed E-state index contributed by atoms with van der Waals surface area (Å²) >= 11 is 3.18. The summed E-state index contributed by atoms with van der Waals surface area (Å²) in [7, 11) is 2.10. The molecule has 3 aliphatic rings. The zero-order chi connectivity index (χ0) is 15.6. The Bertz CT molecular complexity index is 712. The Kier molecular flexibility index (Phi) is 3.03. The number of rotatable bonds is 4. The van der Waals surface area contributed by atoms with Crippen LogP contribution in [0.1, 0.15) is 15.7 Å². The third-order valence-electron chi connectivity index (χ3n) is 4.95. The second-order valence-corrected chi connectivity index (χ2v) is 8.10. The summed E-state index contributed by atoms with van der Waals surface area (Å²) in [6, 6.07) is 8.54. The number of likely N-dealkylation sites (tertiary alicyclic amines) is 1. The molecule has 4 nitrogen and oxygen atoms in total. The summed E-state index contributed by atoms with van der Waals surface area (Å²) in [4.78, 5) is 17.0. The molecule has 2 aromatic heterocycles. The van der Waals surface area contributed by atoms with Gasteiger partial charge in [-0.15, -0.1) is 22.7 Å². The van der Waals surface area contributed by atoms with E-state index in [1.54, 1.807) is 28.9 Å². The zero-order valence-electron chi connectivity index (χ0n) is 12.4. The Morgan fingerprint density at radius 1 is 1.22 bits per heavy atom. The molecule has 3 fully saturated rings. The van der Waals surface area contributed by atoms with Crippen molar-refractivity contribution in [2.75, 3.05) is 7.05 Å². The van der Waals surface area contributed by atoms with Crippen molar-refractivity contribution < 1.29 is 14.3 Å². The van der Waals surface area contributed by atoms with Crippen LogP contribution >= 0.6 is 22.7 Å². The van der Waals surface area contributed by atoms with Crippen LogP contribution < -0.4 is 0 Å². The minimum absolute atomic E-state index is 0.203. The molecule has 0 spiro atoms. The highest BCUT2D eigenvalue weighted by molar-refractivity contribution is 7.11. The molecule has 4 atom stereocenters. The number of morpholine rings is 1. The van der Waals surface area contributed by atoms with Gasteiger partial charge in [0.15, 0.2) is 0 Å². The molecule has 2 aromatic rings. The first-order valence-electron chi connectivity index (χ1n) is 7.60. The van der Waals surface area contributed by atoms with Crippen LogP contribution in [0.25, 0.3) is 0 Å². The summed E-state index contributed by atoms with van der Waals surface area (Å²) < 4.78 is 11.2. The van der Waals surface area contributed by atoms with E-state index in [-0.39, 0.29) is 11.9 Å². The van der Waals surface area contributed by atoms with Crippen molar-refractivity contribution in [3.63, 3.8) is 0 Å². The molecule has 4 unspecified atom stereocenters. The quantitative estimate of drug-likeness (QED) is 0.485. The molecule has 2 saturated heterocycles. The van der Waals surface area contributed by atoms with Gasteiger partial charge in [0.1, 0.15) is 18.1 Å². The minimum Gasteiger partial charge on any atom is -0.434 e. The normalized spacial score (nSPS) is 31.0. The Balaban J connectivity index is 1.37. The second kappa shape index (κ2) is 5.01. The molecule has 2 bridgehead atoms. The van der Waals surface area contributed by atoms with Crippen LogP contribution in [0, 0.1) is 0 Å².